The van der Waals surface area contributed by atoms with Crippen molar-refractivity contribution in [3.63, 3.8) is 0 Å². The molecule has 11 heteroatoms. The number of sulfonamides is 1. The van der Waals surface area contributed by atoms with Gasteiger partial charge in [0.1, 0.15) is 18.4 Å². The number of rotatable bonds is 12. The first kappa shape index (κ1) is 33.0. The van der Waals surface area contributed by atoms with Crippen LogP contribution < -0.4 is 9.62 Å². The van der Waals surface area contributed by atoms with Gasteiger partial charge in [-0.25, -0.2) is 12.8 Å². The van der Waals surface area contributed by atoms with Crippen LogP contribution in [-0.4, -0.2) is 44.3 Å². The van der Waals surface area contributed by atoms with Crippen LogP contribution >= 0.6 is 23.2 Å². The van der Waals surface area contributed by atoms with Crippen molar-refractivity contribution in [2.45, 2.75) is 37.8 Å². The Morgan fingerprint density at radius 3 is 2.14 bits per heavy atom. The van der Waals surface area contributed by atoms with Gasteiger partial charge in [-0.15, -0.1) is 0 Å². The van der Waals surface area contributed by atoms with Crippen LogP contribution in [-0.2, 0) is 32.6 Å². The number of benzene rings is 4. The quantitative estimate of drug-likeness (QED) is 0.191. The first-order chi connectivity index (χ1) is 21.0. The lowest BCUT2D eigenvalue weighted by Crippen LogP contribution is -2.53. The molecule has 4 rings (SSSR count). The second-order valence-electron chi connectivity index (χ2n) is 10.2. The summed E-state index contributed by atoms with van der Waals surface area (Å²) in [6.07, 6.45) is 0.164. The van der Waals surface area contributed by atoms with E-state index in [-0.39, 0.29) is 33.6 Å². The summed E-state index contributed by atoms with van der Waals surface area (Å²) in [5.74, 6) is -1.51. The van der Waals surface area contributed by atoms with Gasteiger partial charge in [-0.05, 0) is 67.4 Å². The van der Waals surface area contributed by atoms with E-state index in [1.54, 1.807) is 19.1 Å². The number of hydrogen-bond acceptors (Lipinski definition) is 4. The number of anilines is 1. The minimum atomic E-state index is -4.29. The third kappa shape index (κ3) is 8.16. The summed E-state index contributed by atoms with van der Waals surface area (Å²) < 4.78 is 42.8. The van der Waals surface area contributed by atoms with Crippen molar-refractivity contribution < 1.29 is 22.4 Å². The monoisotopic (exact) mass is 655 g/mol. The van der Waals surface area contributed by atoms with Gasteiger partial charge >= 0.3 is 0 Å². The molecule has 0 saturated carbocycles. The number of aryl methyl sites for hydroxylation is 1. The highest BCUT2D eigenvalue weighted by Crippen LogP contribution is 2.31. The third-order valence-electron chi connectivity index (χ3n) is 6.97. The van der Waals surface area contributed by atoms with Crippen molar-refractivity contribution in [1.29, 1.82) is 0 Å². The molecule has 0 spiro atoms. The Morgan fingerprint density at radius 1 is 0.864 bits per heavy atom. The van der Waals surface area contributed by atoms with Gasteiger partial charge in [0.2, 0.25) is 11.8 Å². The number of likely N-dealkylation sites (N-methyl/N-ethyl adjacent to an activating group) is 1. The fourth-order valence-corrected chi connectivity index (χ4v) is 6.34. The molecule has 0 aliphatic heterocycles. The smallest absolute Gasteiger partial charge is 0.264 e. The van der Waals surface area contributed by atoms with Gasteiger partial charge in [0.25, 0.3) is 10.0 Å². The molecule has 0 aromatic heterocycles. The third-order valence-corrected chi connectivity index (χ3v) is 9.49. The first-order valence-electron chi connectivity index (χ1n) is 13.9. The van der Waals surface area contributed by atoms with Gasteiger partial charge in [-0.1, -0.05) is 83.4 Å². The van der Waals surface area contributed by atoms with Crippen LogP contribution in [0.15, 0.2) is 102 Å². The lowest BCUT2D eigenvalue weighted by Gasteiger charge is -2.34. The molecule has 1 atom stereocenters. The van der Waals surface area contributed by atoms with Crippen LogP contribution in [0.4, 0.5) is 10.1 Å². The summed E-state index contributed by atoms with van der Waals surface area (Å²) in [5.41, 5.74) is 2.34. The van der Waals surface area contributed by atoms with Gasteiger partial charge in [-0.2, -0.15) is 0 Å². The van der Waals surface area contributed by atoms with Gasteiger partial charge in [0.15, 0.2) is 0 Å². The standard InChI is InChI=1S/C33H32Cl2FN3O4S/c1-3-37-33(41)31(19-24-7-5-4-6-8-24)38(21-25-11-13-26(36)14-12-25)32(40)22-39(27-15-18-29(34)30(35)20-27)44(42,43)28-16-9-23(2)10-17-28/h4-18,20,31H,3,19,21-22H2,1-2H3,(H,37,41)/t31-/m1/s1. The Labute approximate surface area is 267 Å². The largest absolute Gasteiger partial charge is 0.355 e. The predicted molar refractivity (Wildman–Crippen MR) is 172 cm³/mol. The Bertz CT molecular complexity index is 1700. The molecular formula is C33H32Cl2FN3O4S. The van der Waals surface area contributed by atoms with Gasteiger partial charge in [0.05, 0.1) is 20.6 Å². The average molecular weight is 657 g/mol. The summed E-state index contributed by atoms with van der Waals surface area (Å²) >= 11 is 12.4. The molecule has 1 N–H and O–H groups in total. The lowest BCUT2D eigenvalue weighted by atomic mass is 10.0. The van der Waals surface area contributed by atoms with E-state index in [1.165, 1.54) is 59.5 Å². The normalized spacial score (nSPS) is 11.9. The predicted octanol–water partition coefficient (Wildman–Crippen LogP) is 6.41. The highest BCUT2D eigenvalue weighted by atomic mass is 35.5. The zero-order valence-electron chi connectivity index (χ0n) is 24.2. The molecule has 230 valence electrons. The van der Waals surface area contributed by atoms with Gasteiger partial charge in [-0.3, -0.25) is 13.9 Å². The van der Waals surface area contributed by atoms with Crippen LogP contribution in [0.2, 0.25) is 10.0 Å². The minimum absolute atomic E-state index is 0.0309. The van der Waals surface area contributed by atoms with E-state index in [0.29, 0.717) is 12.1 Å². The van der Waals surface area contributed by atoms with Crippen molar-refractivity contribution in [1.82, 2.24) is 10.2 Å². The maximum absolute atomic E-state index is 14.3. The molecule has 4 aromatic carbocycles. The second-order valence-corrected chi connectivity index (χ2v) is 12.8. The number of amides is 2. The summed E-state index contributed by atoms with van der Waals surface area (Å²) in [7, 11) is -4.29. The molecule has 0 bridgehead atoms. The highest BCUT2D eigenvalue weighted by Gasteiger charge is 2.34. The highest BCUT2D eigenvalue weighted by molar-refractivity contribution is 7.92. The van der Waals surface area contributed by atoms with Crippen molar-refractivity contribution in [2.75, 3.05) is 17.4 Å². The molecule has 7 nitrogen and oxygen atoms in total. The van der Waals surface area contributed by atoms with Gasteiger partial charge in [0, 0.05) is 19.5 Å². The number of halogens is 3. The maximum atomic E-state index is 14.3. The Balaban J connectivity index is 1.81. The zero-order valence-corrected chi connectivity index (χ0v) is 26.5. The molecule has 0 saturated heterocycles. The molecule has 0 aliphatic rings. The number of nitrogens with zero attached hydrogens (tertiary/aromatic N) is 2. The van der Waals surface area contributed by atoms with E-state index in [4.69, 9.17) is 23.2 Å². The SMILES string of the molecule is CCNC(=O)[C@@H](Cc1ccccc1)N(Cc1ccc(F)cc1)C(=O)CN(c1ccc(Cl)c(Cl)c1)S(=O)(=O)c1ccc(C)cc1. The molecule has 0 unspecified atom stereocenters. The van der Waals surface area contributed by atoms with Crippen LogP contribution in [0.25, 0.3) is 0 Å². The van der Waals surface area contributed by atoms with E-state index in [0.717, 1.165) is 15.4 Å². The van der Waals surface area contributed by atoms with Crippen molar-refractivity contribution in [2.24, 2.45) is 0 Å². The van der Waals surface area contributed by atoms with Crippen molar-refractivity contribution in [3.8, 4) is 0 Å². The molecule has 4 aromatic rings. The summed E-state index contributed by atoms with van der Waals surface area (Å²) in [6.45, 7) is 3.19. The molecule has 0 fully saturated rings. The molecule has 0 heterocycles. The number of carbonyl (C=O) groups is 2. The molecule has 44 heavy (non-hydrogen) atoms. The molecule has 0 radical (unpaired) electrons. The Kier molecular flexibility index (Phi) is 11.0. The van der Waals surface area contributed by atoms with E-state index < -0.39 is 40.2 Å². The fraction of sp³-hybridized carbons (Fsp3) is 0.212. The average Bonchev–Trinajstić information content (AvgIpc) is 3.00. The van der Waals surface area contributed by atoms with Crippen LogP contribution in [0.3, 0.4) is 0 Å². The van der Waals surface area contributed by atoms with Crippen molar-refractivity contribution in [3.05, 3.63) is 130 Å². The van der Waals surface area contributed by atoms with Crippen LogP contribution in [0.5, 0.6) is 0 Å². The van der Waals surface area contributed by atoms with Gasteiger partial charge < -0.3 is 10.2 Å². The van der Waals surface area contributed by atoms with E-state index in [9.17, 15) is 22.4 Å². The fourth-order valence-electron chi connectivity index (χ4n) is 4.64. The van der Waals surface area contributed by atoms with E-state index in [1.807, 2.05) is 37.3 Å². The van der Waals surface area contributed by atoms with Crippen LogP contribution in [0, 0.1) is 12.7 Å². The molecular weight excluding hydrogens is 624 g/mol. The molecule has 2 amide bonds. The lowest BCUT2D eigenvalue weighted by molar-refractivity contribution is -0.140. The number of carbonyl (C=O) groups excluding carboxylic acids is 2. The first-order valence-corrected chi connectivity index (χ1v) is 16.1. The van der Waals surface area contributed by atoms with Crippen molar-refractivity contribution >= 4 is 50.7 Å². The Morgan fingerprint density at radius 2 is 1.52 bits per heavy atom. The van der Waals surface area contributed by atoms with Crippen LogP contribution in [0.1, 0.15) is 23.6 Å². The summed E-state index contributed by atoms with van der Waals surface area (Å²) in [5, 5.41) is 3.12. The van der Waals surface area contributed by atoms with E-state index in [2.05, 4.69) is 5.32 Å². The minimum Gasteiger partial charge on any atom is -0.355 e. The Hall–Kier alpha value is -3.92. The number of hydrogen-bond donors (Lipinski definition) is 1. The summed E-state index contributed by atoms with van der Waals surface area (Å²) in [6, 6.07) is 24.3. The topological polar surface area (TPSA) is 86.8 Å². The maximum Gasteiger partial charge on any atom is 0.264 e. The summed E-state index contributed by atoms with van der Waals surface area (Å²) in [4.78, 5) is 29.1. The molecule has 0 aliphatic carbocycles. The van der Waals surface area contributed by atoms with E-state index >= 15 is 0 Å². The second kappa shape index (κ2) is 14.7. The zero-order chi connectivity index (χ0) is 31.9. The number of nitrogens with one attached hydrogen (secondary N) is 1.